The van der Waals surface area contributed by atoms with Gasteiger partial charge in [0.1, 0.15) is 0 Å². The Balaban J connectivity index is 4.46. The van der Waals surface area contributed by atoms with E-state index in [2.05, 4.69) is 0 Å². The molecule has 92 valence electrons. The summed E-state index contributed by atoms with van der Waals surface area (Å²) in [6.07, 6.45) is 0.504. The van der Waals surface area contributed by atoms with Crippen molar-refractivity contribution in [1.29, 1.82) is 0 Å². The van der Waals surface area contributed by atoms with Crippen LogP contribution >= 0.6 is 0 Å². The maximum Gasteiger partial charge on any atom is 0.214 e. The Morgan fingerprint density at radius 1 is 1.40 bits per heavy atom. The second-order valence-corrected chi connectivity index (χ2v) is 6.27. The van der Waals surface area contributed by atoms with Gasteiger partial charge in [0.15, 0.2) is 0 Å². The highest BCUT2D eigenvalue weighted by molar-refractivity contribution is 7.89. The molecule has 0 radical (unpaired) electrons. The smallest absolute Gasteiger partial charge is 0.214 e. The molecule has 5 nitrogen and oxygen atoms in total. The largest absolute Gasteiger partial charge is 0.385 e. The first-order valence-corrected chi connectivity index (χ1v) is 6.54. The third-order valence-electron chi connectivity index (χ3n) is 2.52. The third-order valence-corrected chi connectivity index (χ3v) is 4.65. The minimum absolute atomic E-state index is 0.0980. The molecule has 0 aliphatic rings. The summed E-state index contributed by atoms with van der Waals surface area (Å²) in [7, 11) is -0.109. The molecule has 0 bridgehead atoms. The molecule has 0 heterocycles. The molecular formula is C9H22N2O3S. The van der Waals surface area contributed by atoms with Crippen molar-refractivity contribution in [3.63, 3.8) is 0 Å². The Kier molecular flexibility index (Phi) is 5.72. The minimum atomic E-state index is -3.23. The second-order valence-electron chi connectivity index (χ2n) is 4.15. The topological polar surface area (TPSA) is 72.6 Å². The van der Waals surface area contributed by atoms with Crippen molar-refractivity contribution >= 4 is 10.0 Å². The van der Waals surface area contributed by atoms with E-state index in [1.807, 2.05) is 0 Å². The molecule has 0 spiro atoms. The molecular weight excluding hydrogens is 216 g/mol. The lowest BCUT2D eigenvalue weighted by Crippen LogP contribution is -2.50. The SMILES string of the molecule is COCCCS(=O)(=O)N(C)C(C)(C)CN. The zero-order chi connectivity index (χ0) is 12.1. The van der Waals surface area contributed by atoms with E-state index in [-0.39, 0.29) is 5.75 Å². The van der Waals surface area contributed by atoms with Gasteiger partial charge in [-0.25, -0.2) is 8.42 Å². The molecule has 6 heteroatoms. The van der Waals surface area contributed by atoms with Crippen molar-refractivity contribution in [3.05, 3.63) is 0 Å². The quantitative estimate of drug-likeness (QED) is 0.635. The van der Waals surface area contributed by atoms with Gasteiger partial charge in [0.2, 0.25) is 10.0 Å². The van der Waals surface area contributed by atoms with Crippen molar-refractivity contribution in [2.24, 2.45) is 5.73 Å². The van der Waals surface area contributed by atoms with E-state index in [0.29, 0.717) is 19.6 Å². The summed E-state index contributed by atoms with van der Waals surface area (Å²) < 4.78 is 29.8. The Hall–Kier alpha value is -0.170. The van der Waals surface area contributed by atoms with Crippen LogP contribution in [0.25, 0.3) is 0 Å². The van der Waals surface area contributed by atoms with Gasteiger partial charge in [-0.15, -0.1) is 0 Å². The zero-order valence-electron chi connectivity index (χ0n) is 9.99. The van der Waals surface area contributed by atoms with E-state index in [4.69, 9.17) is 10.5 Å². The van der Waals surface area contributed by atoms with Gasteiger partial charge in [-0.05, 0) is 20.3 Å². The number of ether oxygens (including phenoxy) is 1. The normalized spacial score (nSPS) is 13.5. The number of likely N-dealkylation sites (N-methyl/N-ethyl adjacent to an activating group) is 1. The summed E-state index contributed by atoms with van der Waals surface area (Å²) in [5.41, 5.74) is 4.99. The van der Waals surface area contributed by atoms with Crippen LogP contribution < -0.4 is 5.73 Å². The summed E-state index contributed by atoms with van der Waals surface area (Å²) in [5.74, 6) is 0.0980. The summed E-state index contributed by atoms with van der Waals surface area (Å²) in [4.78, 5) is 0. The number of rotatable bonds is 7. The van der Waals surface area contributed by atoms with Crippen LogP contribution in [0.2, 0.25) is 0 Å². The Bertz CT molecular complexity index is 275. The lowest BCUT2D eigenvalue weighted by atomic mass is 10.1. The van der Waals surface area contributed by atoms with Gasteiger partial charge in [0.25, 0.3) is 0 Å². The van der Waals surface area contributed by atoms with Crippen molar-refractivity contribution in [2.45, 2.75) is 25.8 Å². The van der Waals surface area contributed by atoms with Crippen LogP contribution in [-0.4, -0.2) is 51.3 Å². The van der Waals surface area contributed by atoms with E-state index in [0.717, 1.165) is 0 Å². The van der Waals surface area contributed by atoms with Crippen LogP contribution in [0.1, 0.15) is 20.3 Å². The molecule has 0 rings (SSSR count). The number of hydrogen-bond acceptors (Lipinski definition) is 4. The van der Waals surface area contributed by atoms with E-state index < -0.39 is 15.6 Å². The van der Waals surface area contributed by atoms with Crippen molar-refractivity contribution in [3.8, 4) is 0 Å². The molecule has 0 aromatic carbocycles. The maximum absolute atomic E-state index is 11.8. The van der Waals surface area contributed by atoms with E-state index in [9.17, 15) is 8.42 Å². The highest BCUT2D eigenvalue weighted by Crippen LogP contribution is 2.15. The highest BCUT2D eigenvalue weighted by atomic mass is 32.2. The molecule has 0 saturated heterocycles. The predicted octanol–water partition coefficient (Wildman–Crippen LogP) is 0.0218. The lowest BCUT2D eigenvalue weighted by Gasteiger charge is -2.33. The number of methoxy groups -OCH3 is 1. The van der Waals surface area contributed by atoms with Crippen molar-refractivity contribution < 1.29 is 13.2 Å². The first-order chi connectivity index (χ1) is 6.78. The first-order valence-electron chi connectivity index (χ1n) is 4.93. The summed E-state index contributed by atoms with van der Waals surface area (Å²) >= 11 is 0. The van der Waals surface area contributed by atoms with E-state index in [1.165, 1.54) is 4.31 Å². The monoisotopic (exact) mass is 238 g/mol. The van der Waals surface area contributed by atoms with Crippen LogP contribution in [0.5, 0.6) is 0 Å². The van der Waals surface area contributed by atoms with Gasteiger partial charge in [-0.2, -0.15) is 4.31 Å². The molecule has 0 unspecified atom stereocenters. The maximum atomic E-state index is 11.8. The molecule has 0 amide bonds. The zero-order valence-corrected chi connectivity index (χ0v) is 10.8. The summed E-state index contributed by atoms with van der Waals surface area (Å²) in [6.45, 7) is 4.37. The second kappa shape index (κ2) is 5.79. The molecule has 0 aliphatic carbocycles. The van der Waals surface area contributed by atoms with Crippen molar-refractivity contribution in [2.75, 3.05) is 33.1 Å². The fourth-order valence-electron chi connectivity index (χ4n) is 1.03. The van der Waals surface area contributed by atoms with Gasteiger partial charge < -0.3 is 10.5 Å². The third kappa shape index (κ3) is 4.46. The van der Waals surface area contributed by atoms with Gasteiger partial charge in [-0.3, -0.25) is 0 Å². The number of nitrogens with zero attached hydrogens (tertiary/aromatic N) is 1. The van der Waals surface area contributed by atoms with E-state index in [1.54, 1.807) is 28.0 Å². The van der Waals surface area contributed by atoms with Gasteiger partial charge in [0, 0.05) is 32.8 Å². The van der Waals surface area contributed by atoms with Crippen LogP contribution in [-0.2, 0) is 14.8 Å². The molecule has 0 aromatic heterocycles. The summed E-state index contributed by atoms with van der Waals surface area (Å²) in [6, 6.07) is 0. The average molecular weight is 238 g/mol. The standard InChI is InChI=1S/C9H22N2O3S/c1-9(2,8-10)11(3)15(12,13)7-5-6-14-4/h5-8,10H2,1-4H3. The van der Waals surface area contributed by atoms with Crippen LogP contribution in [0, 0.1) is 0 Å². The molecule has 0 saturated carbocycles. The van der Waals surface area contributed by atoms with Crippen molar-refractivity contribution in [1.82, 2.24) is 4.31 Å². The first kappa shape index (κ1) is 14.8. The number of hydrogen-bond donors (Lipinski definition) is 1. The van der Waals surface area contributed by atoms with Gasteiger partial charge >= 0.3 is 0 Å². The Morgan fingerprint density at radius 2 is 1.93 bits per heavy atom. The van der Waals surface area contributed by atoms with E-state index >= 15 is 0 Å². The van der Waals surface area contributed by atoms with Crippen LogP contribution in [0.4, 0.5) is 0 Å². The Morgan fingerprint density at radius 3 is 2.33 bits per heavy atom. The van der Waals surface area contributed by atoms with Crippen LogP contribution in [0.3, 0.4) is 0 Å². The highest BCUT2D eigenvalue weighted by Gasteiger charge is 2.31. The lowest BCUT2D eigenvalue weighted by molar-refractivity contribution is 0.198. The fraction of sp³-hybridized carbons (Fsp3) is 1.00. The number of nitrogens with two attached hydrogens (primary N) is 1. The van der Waals surface area contributed by atoms with Crippen LogP contribution in [0.15, 0.2) is 0 Å². The molecule has 0 aliphatic heterocycles. The summed E-state index contributed by atoms with van der Waals surface area (Å²) in [5, 5.41) is 0. The van der Waals surface area contributed by atoms with Gasteiger partial charge in [0.05, 0.1) is 5.75 Å². The predicted molar refractivity (Wildman–Crippen MR) is 61.2 cm³/mol. The molecule has 0 aromatic rings. The number of sulfonamides is 1. The molecule has 0 fully saturated rings. The molecule has 15 heavy (non-hydrogen) atoms. The van der Waals surface area contributed by atoms with Gasteiger partial charge in [-0.1, -0.05) is 0 Å². The molecule has 2 N–H and O–H groups in total. The molecule has 0 atom stereocenters. The average Bonchev–Trinajstić information content (AvgIpc) is 2.17. The minimum Gasteiger partial charge on any atom is -0.385 e. The fourth-order valence-corrected chi connectivity index (χ4v) is 2.61. The Labute approximate surface area is 92.6 Å².